The maximum atomic E-state index is 9.93. The van der Waals surface area contributed by atoms with Crippen LogP contribution in [0.1, 0.15) is 11.3 Å². The molecule has 1 N–H and O–H groups in total. The molecule has 0 fully saturated rings. The predicted molar refractivity (Wildman–Crippen MR) is 80.1 cm³/mol. The molecule has 0 spiro atoms. The number of aromatic nitrogens is 1. The SMILES string of the molecule is Cc1ccccc1OCc1cc2cccc(O)c2n1C. The van der Waals surface area contributed by atoms with E-state index < -0.39 is 0 Å². The minimum Gasteiger partial charge on any atom is -0.506 e. The Hall–Kier alpha value is -2.42. The lowest BCUT2D eigenvalue weighted by Crippen LogP contribution is -2.02. The molecule has 0 unspecified atom stereocenters. The average Bonchev–Trinajstić information content (AvgIpc) is 2.76. The number of para-hydroxylation sites is 2. The van der Waals surface area contributed by atoms with E-state index in [9.17, 15) is 5.11 Å². The van der Waals surface area contributed by atoms with Crippen molar-refractivity contribution in [2.24, 2.45) is 7.05 Å². The lowest BCUT2D eigenvalue weighted by atomic mass is 10.2. The normalized spacial score (nSPS) is 10.9. The second-order valence-corrected chi connectivity index (χ2v) is 4.96. The lowest BCUT2D eigenvalue weighted by Gasteiger charge is -2.10. The van der Waals surface area contributed by atoms with Crippen molar-refractivity contribution < 1.29 is 9.84 Å². The van der Waals surface area contributed by atoms with Crippen LogP contribution in [0.5, 0.6) is 11.5 Å². The Morgan fingerprint density at radius 2 is 1.90 bits per heavy atom. The molecule has 3 nitrogen and oxygen atoms in total. The molecule has 0 aliphatic carbocycles. The largest absolute Gasteiger partial charge is 0.506 e. The van der Waals surface area contributed by atoms with Crippen molar-refractivity contribution in [2.45, 2.75) is 13.5 Å². The smallest absolute Gasteiger partial charge is 0.139 e. The van der Waals surface area contributed by atoms with Gasteiger partial charge >= 0.3 is 0 Å². The topological polar surface area (TPSA) is 34.4 Å². The Morgan fingerprint density at radius 3 is 2.65 bits per heavy atom. The summed E-state index contributed by atoms with van der Waals surface area (Å²) in [5.74, 6) is 1.19. The molecule has 1 aromatic heterocycles. The van der Waals surface area contributed by atoms with Gasteiger partial charge in [-0.25, -0.2) is 0 Å². The summed E-state index contributed by atoms with van der Waals surface area (Å²) >= 11 is 0. The standard InChI is InChI=1S/C17H17NO2/c1-12-6-3-4-9-16(12)20-11-14-10-13-7-5-8-15(19)17(13)18(14)2/h3-10,19H,11H2,1-2H3. The van der Waals surface area contributed by atoms with Crippen molar-refractivity contribution in [3.05, 3.63) is 59.8 Å². The van der Waals surface area contributed by atoms with E-state index in [0.717, 1.165) is 27.9 Å². The fourth-order valence-corrected chi connectivity index (χ4v) is 2.46. The number of ether oxygens (including phenoxy) is 1. The van der Waals surface area contributed by atoms with E-state index in [-0.39, 0.29) is 0 Å². The molecule has 0 radical (unpaired) electrons. The molecule has 0 bridgehead atoms. The Bertz CT molecular complexity index is 759. The molecule has 0 atom stereocenters. The Labute approximate surface area is 118 Å². The van der Waals surface area contributed by atoms with E-state index in [1.54, 1.807) is 6.07 Å². The number of fused-ring (bicyclic) bond motifs is 1. The highest BCUT2D eigenvalue weighted by Crippen LogP contribution is 2.28. The highest BCUT2D eigenvalue weighted by molar-refractivity contribution is 5.86. The van der Waals surface area contributed by atoms with Gasteiger partial charge in [0.05, 0.1) is 11.2 Å². The molecule has 0 saturated heterocycles. The quantitative estimate of drug-likeness (QED) is 0.783. The van der Waals surface area contributed by atoms with Crippen LogP contribution in [0.2, 0.25) is 0 Å². The van der Waals surface area contributed by atoms with Crippen LogP contribution in [-0.2, 0) is 13.7 Å². The number of aromatic hydroxyl groups is 1. The van der Waals surface area contributed by atoms with Gasteiger partial charge in [-0.2, -0.15) is 0 Å². The molecule has 0 amide bonds. The van der Waals surface area contributed by atoms with E-state index in [1.807, 2.05) is 61.0 Å². The predicted octanol–water partition coefficient (Wildman–Crippen LogP) is 3.77. The fraction of sp³-hybridized carbons (Fsp3) is 0.176. The van der Waals surface area contributed by atoms with Crippen LogP contribution in [0.15, 0.2) is 48.5 Å². The van der Waals surface area contributed by atoms with Crippen molar-refractivity contribution in [3.63, 3.8) is 0 Å². The maximum Gasteiger partial charge on any atom is 0.139 e. The van der Waals surface area contributed by atoms with Crippen LogP contribution in [0, 0.1) is 6.92 Å². The van der Waals surface area contributed by atoms with Gasteiger partial charge in [0, 0.05) is 12.4 Å². The molecule has 0 saturated carbocycles. The zero-order valence-corrected chi connectivity index (χ0v) is 11.6. The van der Waals surface area contributed by atoms with Crippen LogP contribution in [0.25, 0.3) is 10.9 Å². The second kappa shape index (κ2) is 4.93. The molecule has 3 rings (SSSR count). The number of hydrogen-bond donors (Lipinski definition) is 1. The van der Waals surface area contributed by atoms with E-state index in [2.05, 4.69) is 0 Å². The molecular weight excluding hydrogens is 250 g/mol. The van der Waals surface area contributed by atoms with Gasteiger partial charge in [-0.1, -0.05) is 30.3 Å². The van der Waals surface area contributed by atoms with Crippen molar-refractivity contribution in [1.82, 2.24) is 4.57 Å². The number of hydrogen-bond acceptors (Lipinski definition) is 2. The van der Waals surface area contributed by atoms with Gasteiger partial charge in [-0.3, -0.25) is 0 Å². The van der Waals surface area contributed by atoms with Gasteiger partial charge in [0.25, 0.3) is 0 Å². The van der Waals surface area contributed by atoms with Crippen LogP contribution in [-0.4, -0.2) is 9.67 Å². The van der Waals surface area contributed by atoms with Gasteiger partial charge in [-0.05, 0) is 30.7 Å². The van der Waals surface area contributed by atoms with Crippen molar-refractivity contribution in [1.29, 1.82) is 0 Å². The molecule has 1 heterocycles. The molecule has 2 aromatic carbocycles. The third kappa shape index (κ3) is 2.11. The summed E-state index contributed by atoms with van der Waals surface area (Å²) in [6, 6.07) is 15.6. The summed E-state index contributed by atoms with van der Waals surface area (Å²) in [7, 11) is 1.94. The summed E-state index contributed by atoms with van der Waals surface area (Å²) < 4.78 is 7.85. The fourth-order valence-electron chi connectivity index (χ4n) is 2.46. The molecule has 102 valence electrons. The van der Waals surface area contributed by atoms with Crippen LogP contribution in [0.4, 0.5) is 0 Å². The third-order valence-electron chi connectivity index (χ3n) is 3.60. The number of phenolic OH excluding ortho intramolecular Hbond substituents is 1. The van der Waals surface area contributed by atoms with Crippen molar-refractivity contribution >= 4 is 10.9 Å². The zero-order valence-electron chi connectivity index (χ0n) is 11.6. The van der Waals surface area contributed by atoms with Crippen molar-refractivity contribution in [2.75, 3.05) is 0 Å². The van der Waals surface area contributed by atoms with Gasteiger partial charge in [0.15, 0.2) is 0 Å². The number of aryl methyl sites for hydroxylation is 2. The monoisotopic (exact) mass is 267 g/mol. The highest BCUT2D eigenvalue weighted by Gasteiger charge is 2.09. The third-order valence-corrected chi connectivity index (χ3v) is 3.60. The first kappa shape index (κ1) is 12.6. The molecule has 3 heteroatoms. The minimum absolute atomic E-state index is 0.298. The summed E-state index contributed by atoms with van der Waals surface area (Å²) in [5.41, 5.74) is 3.00. The van der Waals surface area contributed by atoms with E-state index >= 15 is 0 Å². The van der Waals surface area contributed by atoms with Crippen LogP contribution in [0.3, 0.4) is 0 Å². The number of benzene rings is 2. The summed E-state index contributed by atoms with van der Waals surface area (Å²) in [6.45, 7) is 2.51. The number of phenols is 1. The van der Waals surface area contributed by atoms with Gasteiger partial charge in [0.1, 0.15) is 18.1 Å². The molecule has 0 aliphatic rings. The highest BCUT2D eigenvalue weighted by atomic mass is 16.5. The maximum absolute atomic E-state index is 9.93. The Balaban J connectivity index is 1.90. The number of rotatable bonds is 3. The van der Waals surface area contributed by atoms with E-state index in [4.69, 9.17) is 4.74 Å². The number of nitrogens with zero attached hydrogens (tertiary/aromatic N) is 1. The van der Waals surface area contributed by atoms with Crippen LogP contribution >= 0.6 is 0 Å². The minimum atomic E-state index is 0.298. The zero-order chi connectivity index (χ0) is 14.1. The van der Waals surface area contributed by atoms with Gasteiger partial charge in [-0.15, -0.1) is 0 Å². The van der Waals surface area contributed by atoms with E-state index in [1.165, 1.54) is 0 Å². The molecule has 3 aromatic rings. The average molecular weight is 267 g/mol. The summed E-state index contributed by atoms with van der Waals surface area (Å²) in [6.07, 6.45) is 0. The first-order valence-corrected chi connectivity index (χ1v) is 6.61. The Morgan fingerprint density at radius 1 is 1.10 bits per heavy atom. The Kier molecular flexibility index (Phi) is 3.11. The first-order chi connectivity index (χ1) is 9.66. The van der Waals surface area contributed by atoms with Gasteiger partial charge in [0.2, 0.25) is 0 Å². The van der Waals surface area contributed by atoms with Crippen molar-refractivity contribution in [3.8, 4) is 11.5 Å². The second-order valence-electron chi connectivity index (χ2n) is 4.96. The molecule has 20 heavy (non-hydrogen) atoms. The van der Waals surface area contributed by atoms with E-state index in [0.29, 0.717) is 12.4 Å². The summed E-state index contributed by atoms with van der Waals surface area (Å²) in [5, 5.41) is 11.0. The summed E-state index contributed by atoms with van der Waals surface area (Å²) in [4.78, 5) is 0. The first-order valence-electron chi connectivity index (χ1n) is 6.61. The molecular formula is C17H17NO2. The molecule has 0 aliphatic heterocycles. The van der Waals surface area contributed by atoms with Gasteiger partial charge < -0.3 is 14.4 Å². The van der Waals surface area contributed by atoms with Crippen LogP contribution < -0.4 is 4.74 Å². The lowest BCUT2D eigenvalue weighted by molar-refractivity contribution is 0.295.